The molecule has 3 aromatic rings. The Kier molecular flexibility index (Phi) is 4.65. The summed E-state index contributed by atoms with van der Waals surface area (Å²) in [6.45, 7) is 6.05. The molecule has 0 aliphatic carbocycles. The number of aromatic nitrogens is 2. The summed E-state index contributed by atoms with van der Waals surface area (Å²) in [6.07, 6.45) is 2.62. The van der Waals surface area contributed by atoms with Crippen molar-refractivity contribution in [1.29, 1.82) is 0 Å². The number of aromatic hydroxyl groups is 1. The van der Waals surface area contributed by atoms with Crippen LogP contribution in [0.3, 0.4) is 0 Å². The summed E-state index contributed by atoms with van der Waals surface area (Å²) in [4.78, 5) is 21.4. The summed E-state index contributed by atoms with van der Waals surface area (Å²) in [5, 5.41) is 14.2. The zero-order valence-electron chi connectivity index (χ0n) is 14.6. The van der Waals surface area contributed by atoms with Crippen LogP contribution in [0.4, 0.5) is 5.95 Å². The minimum absolute atomic E-state index is 0.0767. The van der Waals surface area contributed by atoms with E-state index in [1.807, 2.05) is 25.1 Å². The Hall–Kier alpha value is -2.95. The van der Waals surface area contributed by atoms with E-state index in [0.717, 1.165) is 12.0 Å². The minimum Gasteiger partial charge on any atom is -0.507 e. The molecule has 1 heterocycles. The van der Waals surface area contributed by atoms with E-state index in [4.69, 9.17) is 0 Å². The van der Waals surface area contributed by atoms with Crippen LogP contribution in [0.25, 0.3) is 10.9 Å². The largest absolute Gasteiger partial charge is 0.507 e. The monoisotopic (exact) mass is 335 g/mol. The first-order valence-electron chi connectivity index (χ1n) is 8.35. The van der Waals surface area contributed by atoms with Crippen molar-refractivity contribution in [3.63, 3.8) is 0 Å². The molecule has 1 aromatic heterocycles. The molecule has 0 bridgehead atoms. The van der Waals surface area contributed by atoms with Gasteiger partial charge >= 0.3 is 0 Å². The average Bonchev–Trinajstić information content (AvgIpc) is 2.60. The van der Waals surface area contributed by atoms with E-state index in [1.54, 1.807) is 18.3 Å². The molecular weight excluding hydrogens is 314 g/mol. The van der Waals surface area contributed by atoms with Crippen LogP contribution < -0.4 is 5.32 Å². The number of benzene rings is 2. The number of carbonyl (C=O) groups is 1. The molecule has 0 fully saturated rings. The highest BCUT2D eigenvalue weighted by Gasteiger charge is 2.16. The summed E-state index contributed by atoms with van der Waals surface area (Å²) in [6, 6.07) is 10.7. The van der Waals surface area contributed by atoms with Gasteiger partial charge in [-0.05, 0) is 32.4 Å². The van der Waals surface area contributed by atoms with Gasteiger partial charge in [-0.15, -0.1) is 0 Å². The van der Waals surface area contributed by atoms with Crippen LogP contribution in [0.15, 0.2) is 42.6 Å². The third-order valence-electron chi connectivity index (χ3n) is 4.21. The molecule has 2 N–H and O–H groups in total. The molecule has 128 valence electrons. The molecule has 3 rings (SSSR count). The molecule has 25 heavy (non-hydrogen) atoms. The number of phenols is 1. The molecule has 0 saturated carbocycles. The second kappa shape index (κ2) is 6.89. The number of hydrogen-bond donors (Lipinski definition) is 2. The Morgan fingerprint density at radius 1 is 1.28 bits per heavy atom. The van der Waals surface area contributed by atoms with Crippen molar-refractivity contribution in [3.05, 3.63) is 59.3 Å². The van der Waals surface area contributed by atoms with Crippen LogP contribution in [0.2, 0.25) is 0 Å². The van der Waals surface area contributed by atoms with Gasteiger partial charge in [0.25, 0.3) is 0 Å². The zero-order chi connectivity index (χ0) is 18.0. The van der Waals surface area contributed by atoms with E-state index in [2.05, 4.69) is 29.1 Å². The smallest absolute Gasteiger partial charge is 0.223 e. The summed E-state index contributed by atoms with van der Waals surface area (Å²) in [7, 11) is 0. The predicted molar refractivity (Wildman–Crippen MR) is 99.2 cm³/mol. The highest BCUT2D eigenvalue weighted by molar-refractivity contribution is 6.12. The molecule has 5 heteroatoms. The summed E-state index contributed by atoms with van der Waals surface area (Å²) in [5.41, 5.74) is 2.39. The minimum atomic E-state index is -0.218. The van der Waals surface area contributed by atoms with Crippen LogP contribution in [0.1, 0.15) is 41.8 Å². The van der Waals surface area contributed by atoms with Crippen LogP contribution in [-0.4, -0.2) is 26.9 Å². The number of ketones is 1. The summed E-state index contributed by atoms with van der Waals surface area (Å²) < 4.78 is 0. The van der Waals surface area contributed by atoms with Crippen molar-refractivity contribution in [2.45, 2.75) is 33.2 Å². The number of hydrogen-bond acceptors (Lipinski definition) is 5. The normalized spacial score (nSPS) is 12.1. The number of aryl methyl sites for hydroxylation is 1. The Balaban J connectivity index is 1.99. The third kappa shape index (κ3) is 3.60. The van der Waals surface area contributed by atoms with Crippen molar-refractivity contribution in [2.24, 2.45) is 0 Å². The maximum Gasteiger partial charge on any atom is 0.223 e. The SMILES string of the molecule is CCC(C)Nc1ncc2cc(C(=O)c3cccc(C)c3)c(O)cc2n1. The second-order valence-corrected chi connectivity index (χ2v) is 6.27. The standard InChI is InChI=1S/C20H21N3O2/c1-4-13(3)22-20-21-11-15-9-16(18(24)10-17(15)23-20)19(25)14-7-5-6-12(2)8-14/h5-11,13,24H,4H2,1-3H3,(H,21,22,23). The number of anilines is 1. The van der Waals surface area contributed by atoms with Gasteiger partial charge < -0.3 is 10.4 Å². The van der Waals surface area contributed by atoms with Crippen LogP contribution in [0, 0.1) is 6.92 Å². The molecular formula is C20H21N3O2. The average molecular weight is 335 g/mol. The van der Waals surface area contributed by atoms with Gasteiger partial charge in [-0.2, -0.15) is 0 Å². The molecule has 0 amide bonds. The Bertz CT molecular complexity index is 937. The topological polar surface area (TPSA) is 75.1 Å². The fourth-order valence-electron chi connectivity index (χ4n) is 2.58. The molecule has 0 spiro atoms. The maximum absolute atomic E-state index is 12.7. The van der Waals surface area contributed by atoms with Gasteiger partial charge in [-0.3, -0.25) is 4.79 Å². The number of nitrogens with one attached hydrogen (secondary N) is 1. The molecule has 5 nitrogen and oxygen atoms in total. The second-order valence-electron chi connectivity index (χ2n) is 6.27. The maximum atomic E-state index is 12.7. The van der Waals surface area contributed by atoms with Crippen LogP contribution in [0.5, 0.6) is 5.75 Å². The van der Waals surface area contributed by atoms with Crippen molar-refractivity contribution >= 4 is 22.6 Å². The number of fused-ring (bicyclic) bond motifs is 1. The highest BCUT2D eigenvalue weighted by Crippen LogP contribution is 2.26. The zero-order valence-corrected chi connectivity index (χ0v) is 14.6. The number of nitrogens with zero attached hydrogens (tertiary/aromatic N) is 2. The van der Waals surface area contributed by atoms with E-state index in [0.29, 0.717) is 22.4 Å². The summed E-state index contributed by atoms with van der Waals surface area (Å²) >= 11 is 0. The van der Waals surface area contributed by atoms with E-state index in [-0.39, 0.29) is 23.1 Å². The van der Waals surface area contributed by atoms with E-state index >= 15 is 0 Å². The van der Waals surface area contributed by atoms with Gasteiger partial charge in [0.2, 0.25) is 5.95 Å². The van der Waals surface area contributed by atoms with E-state index < -0.39 is 0 Å². The van der Waals surface area contributed by atoms with Crippen molar-refractivity contribution in [1.82, 2.24) is 9.97 Å². The van der Waals surface area contributed by atoms with Gasteiger partial charge in [0.05, 0.1) is 11.1 Å². The van der Waals surface area contributed by atoms with E-state index in [1.165, 1.54) is 6.07 Å². The van der Waals surface area contributed by atoms with Crippen LogP contribution in [-0.2, 0) is 0 Å². The van der Waals surface area contributed by atoms with Crippen molar-refractivity contribution < 1.29 is 9.90 Å². The van der Waals surface area contributed by atoms with Crippen molar-refractivity contribution in [3.8, 4) is 5.75 Å². The molecule has 0 aliphatic heterocycles. The van der Waals surface area contributed by atoms with E-state index in [9.17, 15) is 9.90 Å². The van der Waals surface area contributed by atoms with Crippen molar-refractivity contribution in [2.75, 3.05) is 5.32 Å². The quantitative estimate of drug-likeness (QED) is 0.687. The molecule has 2 aromatic carbocycles. The van der Waals surface area contributed by atoms with Gasteiger partial charge in [0.15, 0.2) is 5.78 Å². The lowest BCUT2D eigenvalue weighted by Crippen LogP contribution is -2.15. The lowest BCUT2D eigenvalue weighted by molar-refractivity contribution is 0.103. The first-order valence-corrected chi connectivity index (χ1v) is 8.35. The third-order valence-corrected chi connectivity index (χ3v) is 4.21. The lowest BCUT2D eigenvalue weighted by Gasteiger charge is -2.12. The van der Waals surface area contributed by atoms with Gasteiger partial charge in [-0.25, -0.2) is 9.97 Å². The van der Waals surface area contributed by atoms with Crippen LogP contribution >= 0.6 is 0 Å². The summed E-state index contributed by atoms with van der Waals surface area (Å²) in [5.74, 6) is 0.219. The Labute approximate surface area is 146 Å². The molecule has 0 radical (unpaired) electrons. The van der Waals surface area contributed by atoms with Gasteiger partial charge in [-0.1, -0.05) is 30.7 Å². The molecule has 0 aliphatic rings. The number of rotatable bonds is 5. The van der Waals surface area contributed by atoms with Gasteiger partial charge in [0.1, 0.15) is 5.75 Å². The predicted octanol–water partition coefficient (Wildman–Crippen LogP) is 4.09. The molecule has 1 unspecified atom stereocenters. The van der Waals surface area contributed by atoms with Gasteiger partial charge in [0, 0.05) is 29.3 Å². The number of carbonyl (C=O) groups excluding carboxylic acids is 1. The Morgan fingerprint density at radius 2 is 2.08 bits per heavy atom. The lowest BCUT2D eigenvalue weighted by atomic mass is 9.99. The molecule has 1 atom stereocenters. The highest BCUT2D eigenvalue weighted by atomic mass is 16.3. The fourth-order valence-corrected chi connectivity index (χ4v) is 2.58. The molecule has 0 saturated heterocycles. The Morgan fingerprint density at radius 3 is 2.80 bits per heavy atom. The fraction of sp³-hybridized carbons (Fsp3) is 0.250. The first kappa shape index (κ1) is 16.9. The first-order chi connectivity index (χ1) is 12.0. The number of phenolic OH excluding ortho intramolecular Hbond substituents is 1.